The Balaban J connectivity index is 0.00000280. The number of para-hydroxylation sites is 1. The van der Waals surface area contributed by atoms with Gasteiger partial charge in [0.2, 0.25) is 0 Å². The highest BCUT2D eigenvalue weighted by Gasteiger charge is 2.22. The van der Waals surface area contributed by atoms with Crippen LogP contribution in [-0.2, 0) is 0 Å². The van der Waals surface area contributed by atoms with E-state index in [0.717, 1.165) is 34.5 Å². The molecule has 150 valence electrons. The van der Waals surface area contributed by atoms with Gasteiger partial charge in [0, 0.05) is 12.1 Å². The van der Waals surface area contributed by atoms with Gasteiger partial charge in [-0.1, -0.05) is 35.1 Å². The summed E-state index contributed by atoms with van der Waals surface area (Å²) in [6.45, 7) is 3.52. The first-order chi connectivity index (χ1) is 13.0. The molecule has 0 radical (unpaired) electrons. The van der Waals surface area contributed by atoms with Gasteiger partial charge in [0.1, 0.15) is 11.3 Å². The molecule has 0 atom stereocenters. The van der Waals surface area contributed by atoms with Crippen LogP contribution in [0.15, 0.2) is 42.5 Å². The van der Waals surface area contributed by atoms with Crippen molar-refractivity contribution in [3.63, 3.8) is 0 Å². The molecule has 3 aromatic rings. The number of benzene rings is 2. The molecular weight excluding hydrogens is 394 g/mol. The normalized spacial score (nSPS) is 10.8. The summed E-state index contributed by atoms with van der Waals surface area (Å²) in [4.78, 5) is 21.9. The molecule has 0 unspecified atom stereocenters. The van der Waals surface area contributed by atoms with E-state index in [-0.39, 0.29) is 18.3 Å². The predicted molar refractivity (Wildman–Crippen MR) is 119 cm³/mol. The number of nitrogens with zero attached hydrogens (tertiary/aromatic N) is 3. The molecule has 1 heterocycles. The lowest BCUT2D eigenvalue weighted by Gasteiger charge is -2.21. The summed E-state index contributed by atoms with van der Waals surface area (Å²) < 4.78 is 6.44. The SMILES string of the molecule is COc1cccc2sc(N(CCCN(C)C)C(=O)c3cccc(C)c3)nc12.Cl. The topological polar surface area (TPSA) is 45.7 Å². The van der Waals surface area contributed by atoms with Crippen molar-refractivity contribution in [3.05, 3.63) is 53.6 Å². The number of carbonyl (C=O) groups excluding carboxylic acids is 1. The largest absolute Gasteiger partial charge is 0.494 e. The Bertz CT molecular complexity index is 942. The number of aryl methyl sites for hydroxylation is 1. The molecule has 0 aliphatic heterocycles. The number of aromatic nitrogens is 1. The van der Waals surface area contributed by atoms with Gasteiger partial charge in [0.05, 0.1) is 11.8 Å². The summed E-state index contributed by atoms with van der Waals surface area (Å²) in [6, 6.07) is 13.6. The van der Waals surface area contributed by atoms with Crippen LogP contribution in [-0.4, -0.2) is 50.1 Å². The van der Waals surface area contributed by atoms with Crippen LogP contribution in [0.3, 0.4) is 0 Å². The second kappa shape index (κ2) is 9.87. The average molecular weight is 420 g/mol. The van der Waals surface area contributed by atoms with Crippen molar-refractivity contribution in [1.29, 1.82) is 0 Å². The second-order valence-corrected chi connectivity index (χ2v) is 7.80. The molecule has 5 nitrogen and oxygen atoms in total. The number of hydrogen-bond donors (Lipinski definition) is 0. The van der Waals surface area contributed by atoms with Crippen LogP contribution in [0.25, 0.3) is 10.2 Å². The molecule has 0 saturated heterocycles. The van der Waals surface area contributed by atoms with E-state index in [2.05, 4.69) is 4.90 Å². The summed E-state index contributed by atoms with van der Waals surface area (Å²) in [5, 5.41) is 0.708. The van der Waals surface area contributed by atoms with Crippen LogP contribution < -0.4 is 9.64 Å². The van der Waals surface area contributed by atoms with Crippen molar-refractivity contribution in [2.24, 2.45) is 0 Å². The molecule has 0 N–H and O–H groups in total. The minimum Gasteiger partial charge on any atom is -0.494 e. The van der Waals surface area contributed by atoms with E-state index in [1.807, 2.05) is 63.5 Å². The van der Waals surface area contributed by atoms with E-state index >= 15 is 0 Å². The molecule has 7 heteroatoms. The monoisotopic (exact) mass is 419 g/mol. The standard InChI is InChI=1S/C21H25N3O2S.ClH/c1-15-8-5-9-16(14-15)20(25)24(13-7-12-23(2)3)21-22-19-17(26-4)10-6-11-18(19)27-21;/h5-6,8-11,14H,7,12-13H2,1-4H3;1H. The molecule has 0 saturated carbocycles. The first-order valence-corrected chi connectivity index (χ1v) is 9.78. The molecule has 0 spiro atoms. The number of rotatable bonds is 7. The fraction of sp³-hybridized carbons (Fsp3) is 0.333. The van der Waals surface area contributed by atoms with Crippen LogP contribution in [0.5, 0.6) is 5.75 Å². The summed E-state index contributed by atoms with van der Waals surface area (Å²) >= 11 is 1.52. The molecule has 0 fully saturated rings. The summed E-state index contributed by atoms with van der Waals surface area (Å²) in [6.07, 6.45) is 0.873. The van der Waals surface area contributed by atoms with E-state index in [1.165, 1.54) is 11.3 Å². The molecule has 3 rings (SSSR count). The van der Waals surface area contributed by atoms with Crippen molar-refractivity contribution in [2.45, 2.75) is 13.3 Å². The lowest BCUT2D eigenvalue weighted by Crippen LogP contribution is -2.33. The highest BCUT2D eigenvalue weighted by molar-refractivity contribution is 7.22. The van der Waals surface area contributed by atoms with E-state index in [0.29, 0.717) is 17.2 Å². The van der Waals surface area contributed by atoms with Gasteiger partial charge in [-0.05, 0) is 58.3 Å². The van der Waals surface area contributed by atoms with Crippen LogP contribution in [0, 0.1) is 6.92 Å². The van der Waals surface area contributed by atoms with Gasteiger partial charge in [-0.15, -0.1) is 12.4 Å². The molecule has 0 bridgehead atoms. The van der Waals surface area contributed by atoms with E-state index in [4.69, 9.17) is 9.72 Å². The zero-order valence-electron chi connectivity index (χ0n) is 16.6. The molecule has 1 aromatic heterocycles. The minimum atomic E-state index is -0.0181. The van der Waals surface area contributed by atoms with Gasteiger partial charge in [0.15, 0.2) is 5.13 Å². The van der Waals surface area contributed by atoms with E-state index in [1.54, 1.807) is 12.0 Å². The number of amides is 1. The highest BCUT2D eigenvalue weighted by atomic mass is 35.5. The number of anilines is 1. The highest BCUT2D eigenvalue weighted by Crippen LogP contribution is 2.34. The lowest BCUT2D eigenvalue weighted by atomic mass is 10.1. The number of halogens is 1. The van der Waals surface area contributed by atoms with Crippen molar-refractivity contribution in [2.75, 3.05) is 39.2 Å². The van der Waals surface area contributed by atoms with Gasteiger partial charge in [-0.3, -0.25) is 9.69 Å². The maximum Gasteiger partial charge on any atom is 0.260 e. The van der Waals surface area contributed by atoms with Crippen LogP contribution in [0.2, 0.25) is 0 Å². The fourth-order valence-corrected chi connectivity index (χ4v) is 3.96. The quantitative estimate of drug-likeness (QED) is 0.560. The number of carbonyl (C=O) groups is 1. The summed E-state index contributed by atoms with van der Waals surface area (Å²) in [5.74, 6) is 0.710. The first kappa shape index (κ1) is 22.1. The Morgan fingerprint density at radius 1 is 1.14 bits per heavy atom. The first-order valence-electron chi connectivity index (χ1n) is 8.96. The Morgan fingerprint density at radius 3 is 2.57 bits per heavy atom. The third-order valence-corrected chi connectivity index (χ3v) is 5.36. The smallest absolute Gasteiger partial charge is 0.260 e. The lowest BCUT2D eigenvalue weighted by molar-refractivity contribution is 0.0986. The van der Waals surface area contributed by atoms with Gasteiger partial charge in [-0.25, -0.2) is 4.98 Å². The van der Waals surface area contributed by atoms with Gasteiger partial charge in [-0.2, -0.15) is 0 Å². The van der Waals surface area contributed by atoms with E-state index in [9.17, 15) is 4.79 Å². The van der Waals surface area contributed by atoms with Crippen LogP contribution in [0.1, 0.15) is 22.3 Å². The Hall–Kier alpha value is -2.15. The molecule has 0 aliphatic carbocycles. The van der Waals surface area contributed by atoms with Gasteiger partial charge >= 0.3 is 0 Å². The summed E-state index contributed by atoms with van der Waals surface area (Å²) in [5.41, 5.74) is 2.56. The number of ether oxygens (including phenoxy) is 1. The van der Waals surface area contributed by atoms with Gasteiger partial charge in [0.25, 0.3) is 5.91 Å². The van der Waals surface area contributed by atoms with Crippen molar-refractivity contribution >= 4 is 45.0 Å². The second-order valence-electron chi connectivity index (χ2n) is 6.79. The third kappa shape index (κ3) is 5.01. The van der Waals surface area contributed by atoms with E-state index < -0.39 is 0 Å². The predicted octanol–water partition coefficient (Wildman–Crippen LogP) is 4.63. The Labute approximate surface area is 176 Å². The third-order valence-electron chi connectivity index (χ3n) is 4.32. The minimum absolute atomic E-state index is 0. The number of methoxy groups -OCH3 is 1. The molecule has 28 heavy (non-hydrogen) atoms. The van der Waals surface area contributed by atoms with Crippen LogP contribution >= 0.6 is 23.7 Å². The summed E-state index contributed by atoms with van der Waals surface area (Å²) in [7, 11) is 5.71. The Morgan fingerprint density at radius 2 is 1.89 bits per heavy atom. The zero-order valence-corrected chi connectivity index (χ0v) is 18.3. The number of hydrogen-bond acceptors (Lipinski definition) is 5. The average Bonchev–Trinajstić information content (AvgIpc) is 3.08. The maximum atomic E-state index is 13.3. The Kier molecular flexibility index (Phi) is 7.80. The van der Waals surface area contributed by atoms with Crippen LogP contribution in [0.4, 0.5) is 5.13 Å². The molecule has 0 aliphatic rings. The van der Waals surface area contributed by atoms with Crippen molar-refractivity contribution in [3.8, 4) is 5.75 Å². The van der Waals surface area contributed by atoms with Gasteiger partial charge < -0.3 is 9.64 Å². The molecular formula is C21H26ClN3O2S. The number of fused-ring (bicyclic) bond motifs is 1. The van der Waals surface area contributed by atoms with Crippen molar-refractivity contribution < 1.29 is 9.53 Å². The number of thiazole rings is 1. The fourth-order valence-electron chi connectivity index (χ4n) is 2.95. The molecule has 1 amide bonds. The molecule has 2 aromatic carbocycles. The van der Waals surface area contributed by atoms with Crippen molar-refractivity contribution in [1.82, 2.24) is 9.88 Å². The maximum absolute atomic E-state index is 13.3. The zero-order chi connectivity index (χ0) is 19.4.